The van der Waals surface area contributed by atoms with E-state index >= 15 is 0 Å². The van der Waals surface area contributed by atoms with Gasteiger partial charge in [-0.25, -0.2) is 0 Å². The quantitative estimate of drug-likeness (QED) is 0.941. The van der Waals surface area contributed by atoms with Crippen LogP contribution in [-0.2, 0) is 13.2 Å². The molecule has 0 unspecified atom stereocenters. The molecule has 2 aromatic rings. The molecule has 0 aliphatic carbocycles. The van der Waals surface area contributed by atoms with Crippen molar-refractivity contribution in [2.24, 2.45) is 0 Å². The van der Waals surface area contributed by atoms with E-state index in [1.165, 1.54) is 0 Å². The molecule has 0 amide bonds. The summed E-state index contributed by atoms with van der Waals surface area (Å²) in [6, 6.07) is 5.81. The van der Waals surface area contributed by atoms with Gasteiger partial charge in [0.1, 0.15) is 5.75 Å². The molecular formula is C12H13BrN2O2. The van der Waals surface area contributed by atoms with E-state index in [4.69, 9.17) is 9.84 Å². The zero-order valence-electron chi connectivity index (χ0n) is 9.43. The molecule has 5 heteroatoms. The molecular weight excluding hydrogens is 284 g/mol. The van der Waals surface area contributed by atoms with Crippen LogP contribution in [0.2, 0.25) is 0 Å². The van der Waals surface area contributed by atoms with E-state index in [-0.39, 0.29) is 6.61 Å². The van der Waals surface area contributed by atoms with Gasteiger partial charge in [-0.3, -0.25) is 4.68 Å². The largest absolute Gasteiger partial charge is 0.497 e. The number of hydrogen-bond donors (Lipinski definition) is 1. The van der Waals surface area contributed by atoms with Crippen molar-refractivity contribution in [3.05, 3.63) is 46.2 Å². The van der Waals surface area contributed by atoms with E-state index in [0.717, 1.165) is 21.3 Å². The van der Waals surface area contributed by atoms with Crippen molar-refractivity contribution in [1.82, 2.24) is 9.78 Å². The molecule has 0 saturated carbocycles. The second-order valence-corrected chi connectivity index (χ2v) is 4.52. The molecule has 90 valence electrons. The molecule has 1 N–H and O–H groups in total. The van der Waals surface area contributed by atoms with Gasteiger partial charge < -0.3 is 9.84 Å². The molecule has 17 heavy (non-hydrogen) atoms. The van der Waals surface area contributed by atoms with Gasteiger partial charge in [-0.1, -0.05) is 15.9 Å². The molecule has 0 radical (unpaired) electrons. The van der Waals surface area contributed by atoms with Crippen molar-refractivity contribution < 1.29 is 9.84 Å². The van der Waals surface area contributed by atoms with Gasteiger partial charge >= 0.3 is 0 Å². The smallest absolute Gasteiger partial charge is 0.119 e. The van der Waals surface area contributed by atoms with Crippen molar-refractivity contribution in [3.63, 3.8) is 0 Å². The molecule has 0 spiro atoms. The summed E-state index contributed by atoms with van der Waals surface area (Å²) >= 11 is 3.49. The standard InChI is InChI=1S/C12H13BrN2O2/c1-17-11-2-3-12(13)10(4-11)7-15-6-9(8-16)5-14-15/h2-6,16H,7-8H2,1H3. The molecule has 2 rings (SSSR count). The highest BCUT2D eigenvalue weighted by molar-refractivity contribution is 9.10. The number of ether oxygens (including phenoxy) is 1. The van der Waals surface area contributed by atoms with Gasteiger partial charge in [0.2, 0.25) is 0 Å². The van der Waals surface area contributed by atoms with Crippen LogP contribution in [0.15, 0.2) is 35.1 Å². The maximum Gasteiger partial charge on any atom is 0.119 e. The van der Waals surface area contributed by atoms with Gasteiger partial charge in [-0.2, -0.15) is 5.10 Å². The summed E-state index contributed by atoms with van der Waals surface area (Å²) in [5, 5.41) is 13.1. The van der Waals surface area contributed by atoms with Gasteiger partial charge in [0.25, 0.3) is 0 Å². The molecule has 0 fully saturated rings. The highest BCUT2D eigenvalue weighted by Gasteiger charge is 2.04. The summed E-state index contributed by atoms with van der Waals surface area (Å²) in [6.07, 6.45) is 3.49. The van der Waals surface area contributed by atoms with E-state index in [9.17, 15) is 0 Å². The summed E-state index contributed by atoms with van der Waals surface area (Å²) in [4.78, 5) is 0. The Morgan fingerprint density at radius 3 is 2.94 bits per heavy atom. The summed E-state index contributed by atoms with van der Waals surface area (Å²) in [5.74, 6) is 0.817. The minimum absolute atomic E-state index is 0.0132. The van der Waals surface area contributed by atoms with Gasteiger partial charge in [0.05, 0.1) is 26.5 Å². The number of halogens is 1. The maximum absolute atomic E-state index is 8.97. The van der Waals surface area contributed by atoms with Crippen LogP contribution in [0.25, 0.3) is 0 Å². The predicted molar refractivity (Wildman–Crippen MR) is 67.9 cm³/mol. The fourth-order valence-corrected chi connectivity index (χ4v) is 1.92. The molecule has 0 aliphatic heterocycles. The second-order valence-electron chi connectivity index (χ2n) is 3.66. The molecule has 0 saturated heterocycles. The number of nitrogens with zero attached hydrogens (tertiary/aromatic N) is 2. The van der Waals surface area contributed by atoms with Crippen molar-refractivity contribution >= 4 is 15.9 Å². The lowest BCUT2D eigenvalue weighted by molar-refractivity contribution is 0.281. The van der Waals surface area contributed by atoms with Gasteiger partial charge in [-0.05, 0) is 23.8 Å². The van der Waals surface area contributed by atoms with Crippen molar-refractivity contribution in [2.45, 2.75) is 13.2 Å². The second kappa shape index (κ2) is 5.33. The van der Waals surface area contributed by atoms with Gasteiger partial charge in [0, 0.05) is 16.2 Å². The van der Waals surface area contributed by atoms with Crippen molar-refractivity contribution in [1.29, 1.82) is 0 Å². The molecule has 4 nitrogen and oxygen atoms in total. The maximum atomic E-state index is 8.97. The first-order valence-corrected chi connectivity index (χ1v) is 5.97. The summed E-state index contributed by atoms with van der Waals surface area (Å²) in [7, 11) is 1.64. The van der Waals surface area contributed by atoms with E-state index in [0.29, 0.717) is 6.54 Å². The van der Waals surface area contributed by atoms with E-state index in [1.54, 1.807) is 18.0 Å². The average molecular weight is 297 g/mol. The van der Waals surface area contributed by atoms with E-state index in [1.807, 2.05) is 24.4 Å². The summed E-state index contributed by atoms with van der Waals surface area (Å²) in [5.41, 5.74) is 1.89. The Balaban J connectivity index is 2.22. The first-order valence-electron chi connectivity index (χ1n) is 5.17. The fourth-order valence-electron chi connectivity index (χ4n) is 1.55. The van der Waals surface area contributed by atoms with Crippen LogP contribution in [-0.4, -0.2) is 22.0 Å². The monoisotopic (exact) mass is 296 g/mol. The molecule has 0 atom stereocenters. The first-order chi connectivity index (χ1) is 8.22. The summed E-state index contributed by atoms with van der Waals surface area (Å²) < 4.78 is 7.98. The highest BCUT2D eigenvalue weighted by atomic mass is 79.9. The third kappa shape index (κ3) is 2.87. The van der Waals surface area contributed by atoms with Crippen LogP contribution in [0.3, 0.4) is 0 Å². The lowest BCUT2D eigenvalue weighted by Gasteiger charge is -2.07. The minimum Gasteiger partial charge on any atom is -0.497 e. The topological polar surface area (TPSA) is 47.3 Å². The average Bonchev–Trinajstić information content (AvgIpc) is 2.80. The van der Waals surface area contributed by atoms with Crippen LogP contribution in [0, 0.1) is 0 Å². The number of rotatable bonds is 4. The minimum atomic E-state index is 0.0132. The summed E-state index contributed by atoms with van der Waals surface area (Å²) in [6.45, 7) is 0.650. The molecule has 1 aromatic heterocycles. The lowest BCUT2D eigenvalue weighted by Crippen LogP contribution is -2.01. The third-order valence-electron chi connectivity index (χ3n) is 2.45. The number of benzene rings is 1. The fraction of sp³-hybridized carbons (Fsp3) is 0.250. The number of aliphatic hydroxyl groups excluding tert-OH is 1. The number of aliphatic hydroxyl groups is 1. The van der Waals surface area contributed by atoms with Crippen molar-refractivity contribution in [2.75, 3.05) is 7.11 Å². The molecule has 0 bridgehead atoms. The molecule has 0 aliphatic rings. The highest BCUT2D eigenvalue weighted by Crippen LogP contribution is 2.23. The van der Waals surface area contributed by atoms with Gasteiger partial charge in [0.15, 0.2) is 0 Å². The predicted octanol–water partition coefficient (Wildman–Crippen LogP) is 2.19. The van der Waals surface area contributed by atoms with Crippen LogP contribution >= 0.6 is 15.9 Å². The Morgan fingerprint density at radius 2 is 2.29 bits per heavy atom. The molecule has 1 aromatic carbocycles. The van der Waals surface area contributed by atoms with E-state index < -0.39 is 0 Å². The zero-order chi connectivity index (χ0) is 12.3. The number of methoxy groups -OCH3 is 1. The first kappa shape index (κ1) is 12.1. The number of hydrogen-bond acceptors (Lipinski definition) is 3. The number of aromatic nitrogens is 2. The van der Waals surface area contributed by atoms with Crippen LogP contribution in [0.4, 0.5) is 0 Å². The lowest BCUT2D eigenvalue weighted by atomic mass is 10.2. The molecule has 1 heterocycles. The zero-order valence-corrected chi connectivity index (χ0v) is 11.0. The van der Waals surface area contributed by atoms with Crippen molar-refractivity contribution in [3.8, 4) is 5.75 Å². The SMILES string of the molecule is COc1ccc(Br)c(Cn2cc(CO)cn2)c1. The Bertz CT molecular complexity index is 511. The normalized spacial score (nSPS) is 10.5. The van der Waals surface area contributed by atoms with Gasteiger partial charge in [-0.15, -0.1) is 0 Å². The Morgan fingerprint density at radius 1 is 1.47 bits per heavy atom. The Kier molecular flexibility index (Phi) is 3.81. The van der Waals surface area contributed by atoms with Crippen LogP contribution < -0.4 is 4.74 Å². The Labute approximate surface area is 108 Å². The van der Waals surface area contributed by atoms with Crippen LogP contribution in [0.5, 0.6) is 5.75 Å². The van der Waals surface area contributed by atoms with Crippen LogP contribution in [0.1, 0.15) is 11.1 Å². The van der Waals surface area contributed by atoms with E-state index in [2.05, 4.69) is 21.0 Å². The third-order valence-corrected chi connectivity index (χ3v) is 3.23. The Hall–Kier alpha value is -1.33.